The van der Waals surface area contributed by atoms with Crippen molar-refractivity contribution in [2.24, 2.45) is 0 Å². The Kier molecular flexibility index (Phi) is 6.24. The number of aromatic hydroxyl groups is 1. The normalized spacial score (nSPS) is 20.1. The summed E-state index contributed by atoms with van der Waals surface area (Å²) < 4.78 is 0. The summed E-state index contributed by atoms with van der Waals surface area (Å²) >= 11 is 2.90. The zero-order chi connectivity index (χ0) is 22.0. The molecule has 0 saturated carbocycles. The van der Waals surface area contributed by atoms with Crippen LogP contribution in [0.2, 0.25) is 0 Å². The highest BCUT2D eigenvalue weighted by atomic mass is 32.2. The maximum Gasteiger partial charge on any atom is 0.352 e. The van der Waals surface area contributed by atoms with Gasteiger partial charge in [-0.3, -0.25) is 14.5 Å². The number of β-lactam (4-membered cyclic amide) rings is 1. The molecule has 0 spiro atoms. The van der Waals surface area contributed by atoms with E-state index in [4.69, 9.17) is 0 Å². The molecular weight excluding hydrogens is 436 g/mol. The maximum atomic E-state index is 12.7. The molecule has 0 aliphatic carbocycles. The van der Waals surface area contributed by atoms with Crippen molar-refractivity contribution in [2.45, 2.75) is 22.7 Å². The monoisotopic (exact) mass is 456 g/mol. The number of phenols is 1. The van der Waals surface area contributed by atoms with E-state index in [1.165, 1.54) is 28.4 Å². The van der Waals surface area contributed by atoms with Gasteiger partial charge in [-0.15, -0.1) is 23.5 Å². The molecule has 2 amide bonds. The van der Waals surface area contributed by atoms with Crippen LogP contribution in [0, 0.1) is 0 Å². The van der Waals surface area contributed by atoms with Gasteiger partial charge in [0.2, 0.25) is 5.91 Å². The molecule has 1 saturated heterocycles. The molecule has 0 unspecified atom stereocenters. The van der Waals surface area contributed by atoms with Gasteiger partial charge >= 0.3 is 5.97 Å². The molecule has 2 aromatic rings. The minimum Gasteiger partial charge on any atom is -0.508 e. The van der Waals surface area contributed by atoms with E-state index in [2.05, 4.69) is 5.32 Å². The van der Waals surface area contributed by atoms with E-state index in [0.717, 1.165) is 10.5 Å². The van der Waals surface area contributed by atoms with Crippen LogP contribution >= 0.6 is 23.5 Å². The number of benzene rings is 2. The molecule has 2 atom stereocenters. The first-order valence-corrected chi connectivity index (χ1v) is 11.6. The molecule has 0 aromatic heterocycles. The highest BCUT2D eigenvalue weighted by Gasteiger charge is 2.54. The van der Waals surface area contributed by atoms with Crippen molar-refractivity contribution in [1.29, 1.82) is 0 Å². The highest BCUT2D eigenvalue weighted by molar-refractivity contribution is 8.01. The number of aliphatic carboxylic acids is 1. The third kappa shape index (κ3) is 4.57. The Hall–Kier alpha value is -2.91. The number of phenolic OH excluding ortho intramolecular Hbond substituents is 1. The van der Waals surface area contributed by atoms with Gasteiger partial charge in [-0.2, -0.15) is 0 Å². The van der Waals surface area contributed by atoms with E-state index >= 15 is 0 Å². The van der Waals surface area contributed by atoms with Crippen molar-refractivity contribution in [3.8, 4) is 5.75 Å². The zero-order valence-corrected chi connectivity index (χ0v) is 18.0. The summed E-state index contributed by atoms with van der Waals surface area (Å²) in [7, 11) is 0. The van der Waals surface area contributed by atoms with E-state index in [1.54, 1.807) is 24.3 Å². The van der Waals surface area contributed by atoms with Gasteiger partial charge in [0.25, 0.3) is 5.91 Å². The third-order valence-corrected chi connectivity index (χ3v) is 7.46. The minimum absolute atomic E-state index is 0.00795. The molecule has 1 fully saturated rings. The number of carbonyl (C=O) groups is 3. The number of hydrogen-bond donors (Lipinski definition) is 3. The van der Waals surface area contributed by atoms with Crippen molar-refractivity contribution in [1.82, 2.24) is 10.2 Å². The molecule has 0 bridgehead atoms. The van der Waals surface area contributed by atoms with Gasteiger partial charge in [0, 0.05) is 16.4 Å². The molecule has 160 valence electrons. The van der Waals surface area contributed by atoms with Crippen LogP contribution in [0.1, 0.15) is 5.56 Å². The number of rotatable bonds is 7. The molecule has 2 aliphatic rings. The Morgan fingerprint density at radius 1 is 1.13 bits per heavy atom. The van der Waals surface area contributed by atoms with Crippen molar-refractivity contribution in [3.05, 3.63) is 71.4 Å². The Morgan fingerprint density at radius 3 is 2.52 bits per heavy atom. The van der Waals surface area contributed by atoms with Gasteiger partial charge in [0.05, 0.1) is 6.42 Å². The van der Waals surface area contributed by atoms with Crippen LogP contribution in [0.4, 0.5) is 0 Å². The Morgan fingerprint density at radius 2 is 1.84 bits per heavy atom. The minimum atomic E-state index is -1.14. The van der Waals surface area contributed by atoms with E-state index in [-0.39, 0.29) is 23.8 Å². The predicted octanol–water partition coefficient (Wildman–Crippen LogP) is 2.47. The van der Waals surface area contributed by atoms with E-state index in [0.29, 0.717) is 17.1 Å². The van der Waals surface area contributed by atoms with Gasteiger partial charge in [-0.25, -0.2) is 4.79 Å². The molecule has 4 rings (SSSR count). The number of carbonyl (C=O) groups excluding carboxylic acids is 2. The SMILES string of the molecule is O=C(Cc1ccccc1)N[C@@H]1C(=O)N2C(C(=O)O)=C(CSc3ccc(O)cc3)CS[C@H]12. The van der Waals surface area contributed by atoms with Gasteiger partial charge < -0.3 is 15.5 Å². The van der Waals surface area contributed by atoms with Crippen molar-refractivity contribution < 1.29 is 24.6 Å². The number of carboxylic acids is 1. The van der Waals surface area contributed by atoms with Crippen LogP contribution < -0.4 is 5.32 Å². The molecule has 2 aromatic carbocycles. The molecule has 0 radical (unpaired) electrons. The van der Waals surface area contributed by atoms with E-state index < -0.39 is 23.3 Å². The van der Waals surface area contributed by atoms with Crippen LogP contribution in [0.25, 0.3) is 0 Å². The number of hydrogen-bond acceptors (Lipinski definition) is 6. The van der Waals surface area contributed by atoms with Gasteiger partial charge in [-0.1, -0.05) is 30.3 Å². The summed E-state index contributed by atoms with van der Waals surface area (Å²) in [5.41, 5.74) is 1.52. The average Bonchev–Trinajstić information content (AvgIpc) is 2.77. The Bertz CT molecular complexity index is 1040. The molecule has 2 aliphatic heterocycles. The molecule has 7 nitrogen and oxygen atoms in total. The van der Waals surface area contributed by atoms with Crippen molar-refractivity contribution in [2.75, 3.05) is 11.5 Å². The summed E-state index contributed by atoms with van der Waals surface area (Å²) in [5, 5.41) is 21.5. The van der Waals surface area contributed by atoms with Crippen molar-refractivity contribution >= 4 is 41.3 Å². The van der Waals surface area contributed by atoms with Gasteiger partial charge in [0.1, 0.15) is 22.9 Å². The topological polar surface area (TPSA) is 107 Å². The van der Waals surface area contributed by atoms with Gasteiger partial charge in [0.15, 0.2) is 0 Å². The molecule has 2 heterocycles. The second kappa shape index (κ2) is 9.07. The highest BCUT2D eigenvalue weighted by Crippen LogP contribution is 2.41. The fourth-order valence-electron chi connectivity index (χ4n) is 3.51. The number of nitrogens with one attached hydrogen (secondary N) is 1. The summed E-state index contributed by atoms with van der Waals surface area (Å²) in [6.07, 6.45) is 0.165. The summed E-state index contributed by atoms with van der Waals surface area (Å²) in [6, 6.07) is 15.2. The lowest BCUT2D eigenvalue weighted by molar-refractivity contribution is -0.150. The average molecular weight is 457 g/mol. The van der Waals surface area contributed by atoms with Crippen LogP contribution in [0.5, 0.6) is 5.75 Å². The lowest BCUT2D eigenvalue weighted by atomic mass is 10.0. The van der Waals surface area contributed by atoms with Crippen LogP contribution in [-0.4, -0.2) is 55.8 Å². The number of nitrogens with zero attached hydrogens (tertiary/aromatic N) is 1. The first-order chi connectivity index (χ1) is 14.9. The second-order valence-corrected chi connectivity index (χ2v) is 9.31. The second-order valence-electron chi connectivity index (χ2n) is 7.16. The molecule has 31 heavy (non-hydrogen) atoms. The maximum absolute atomic E-state index is 12.7. The van der Waals surface area contributed by atoms with Crippen LogP contribution in [-0.2, 0) is 20.8 Å². The smallest absolute Gasteiger partial charge is 0.352 e. The first kappa shape index (κ1) is 21.3. The van der Waals surface area contributed by atoms with Crippen LogP contribution in [0.3, 0.4) is 0 Å². The van der Waals surface area contributed by atoms with E-state index in [1.807, 2.05) is 30.3 Å². The third-order valence-electron chi connectivity index (χ3n) is 5.02. The van der Waals surface area contributed by atoms with Crippen LogP contribution in [0.15, 0.2) is 70.8 Å². The standard InChI is InChI=1S/C22H20N2O5S2/c25-15-6-8-16(9-7-15)30-11-14-12-31-21-18(20(27)24(21)19(14)22(28)29)23-17(26)10-13-4-2-1-3-5-13/h1-9,18,21,25H,10-12H2,(H,23,26)(H,28,29)/t18-,21-/m1/s1. The molecule has 9 heteroatoms. The summed E-state index contributed by atoms with van der Waals surface area (Å²) in [5.74, 6) is -0.762. The van der Waals surface area contributed by atoms with Gasteiger partial charge in [-0.05, 0) is 35.4 Å². The predicted molar refractivity (Wildman–Crippen MR) is 119 cm³/mol. The quantitative estimate of drug-likeness (QED) is 0.434. The molecule has 3 N–H and O–H groups in total. The zero-order valence-electron chi connectivity index (χ0n) is 16.4. The lowest BCUT2D eigenvalue weighted by Crippen LogP contribution is -2.70. The van der Waals surface area contributed by atoms with E-state index in [9.17, 15) is 24.6 Å². The summed E-state index contributed by atoms with van der Waals surface area (Å²) in [6.45, 7) is 0. The largest absolute Gasteiger partial charge is 0.508 e. The number of fused-ring (bicyclic) bond motifs is 1. The Balaban J connectivity index is 1.43. The number of carboxylic acid groups (broad SMARTS) is 1. The number of thioether (sulfide) groups is 2. The lowest BCUT2D eigenvalue weighted by Gasteiger charge is -2.49. The Labute approximate surface area is 187 Å². The van der Waals surface area contributed by atoms with Crippen molar-refractivity contribution in [3.63, 3.8) is 0 Å². The summed E-state index contributed by atoms with van der Waals surface area (Å²) in [4.78, 5) is 39.2. The fraction of sp³-hybridized carbons (Fsp3) is 0.227. The first-order valence-electron chi connectivity index (χ1n) is 9.59. The fourth-order valence-corrected chi connectivity index (χ4v) is 5.90. The number of amides is 2. The molecular formula is C22H20N2O5S2.